The summed E-state index contributed by atoms with van der Waals surface area (Å²) in [4.78, 5) is 4.68. The first kappa shape index (κ1) is 25.2. The summed E-state index contributed by atoms with van der Waals surface area (Å²) in [7, 11) is 0. The van der Waals surface area contributed by atoms with Crippen LogP contribution < -0.4 is 0 Å². The molecule has 3 heteroatoms. The summed E-state index contributed by atoms with van der Waals surface area (Å²) in [6.07, 6.45) is 14.1. The number of unbranched alkanes of at least 4 members (excludes halogenated alkanes) is 3. The summed E-state index contributed by atoms with van der Waals surface area (Å²) in [5.41, 5.74) is 4.28. The Morgan fingerprint density at radius 1 is 1.15 bits per heavy atom. The first-order chi connectivity index (χ1) is 16.1. The van der Waals surface area contributed by atoms with Crippen LogP contribution in [0.5, 0.6) is 0 Å². The number of benzene rings is 1. The van der Waals surface area contributed by atoms with E-state index in [1.54, 1.807) is 0 Å². The molecule has 0 saturated heterocycles. The fraction of sp³-hybridized carbons (Fsp3) is 0.533. The molecule has 0 N–H and O–H groups in total. The lowest BCUT2D eigenvalue weighted by Crippen LogP contribution is -2.28. The normalized spacial score (nSPS) is 21.3. The monoisotopic (exact) mass is 446 g/mol. The number of halogens is 1. The number of aryl methyl sites for hydroxylation is 1. The third-order valence-corrected chi connectivity index (χ3v) is 7.29. The van der Waals surface area contributed by atoms with Gasteiger partial charge in [0.05, 0.1) is 17.2 Å². The lowest BCUT2D eigenvalue weighted by atomic mass is 9.67. The second-order valence-electron chi connectivity index (χ2n) is 9.82. The molecule has 33 heavy (non-hydrogen) atoms. The highest BCUT2D eigenvalue weighted by Gasteiger charge is 2.37. The second-order valence-corrected chi connectivity index (χ2v) is 9.82. The minimum atomic E-state index is -0.841. The van der Waals surface area contributed by atoms with Crippen LogP contribution in [0.15, 0.2) is 55.3 Å². The molecule has 1 atom stereocenters. The van der Waals surface area contributed by atoms with Gasteiger partial charge >= 0.3 is 0 Å². The quantitative estimate of drug-likeness (QED) is 0.241. The smallest absolute Gasteiger partial charge is 0.102 e. The topological polar surface area (TPSA) is 36.7 Å². The number of nitriles is 1. The van der Waals surface area contributed by atoms with Crippen molar-refractivity contribution >= 4 is 0 Å². The van der Waals surface area contributed by atoms with Gasteiger partial charge in [0.15, 0.2) is 0 Å². The number of aromatic nitrogens is 1. The Balaban J connectivity index is 1.54. The predicted octanol–water partition coefficient (Wildman–Crippen LogP) is 8.73. The van der Waals surface area contributed by atoms with Crippen molar-refractivity contribution in [2.24, 2.45) is 5.41 Å². The third-order valence-electron chi connectivity index (χ3n) is 7.29. The lowest BCUT2D eigenvalue weighted by Gasteiger charge is -2.36. The van der Waals surface area contributed by atoms with Crippen LogP contribution in [0, 0.1) is 16.7 Å². The van der Waals surface area contributed by atoms with Gasteiger partial charge in [0.25, 0.3) is 0 Å². The minimum absolute atomic E-state index is 0.408. The zero-order chi connectivity index (χ0) is 23.5. The number of nitrogens with zero attached hydrogens (tertiary/aromatic N) is 2. The van der Waals surface area contributed by atoms with Crippen molar-refractivity contribution in [3.05, 3.63) is 66.4 Å². The van der Waals surface area contributed by atoms with Gasteiger partial charge in [0.2, 0.25) is 0 Å². The summed E-state index contributed by atoms with van der Waals surface area (Å²) >= 11 is 0. The molecule has 0 bridgehead atoms. The number of alkyl halides is 1. The molecule has 2 nitrogen and oxygen atoms in total. The Bertz CT molecular complexity index is 886. The fourth-order valence-corrected chi connectivity index (χ4v) is 5.10. The summed E-state index contributed by atoms with van der Waals surface area (Å²) in [5.74, 6) is 0.458. The number of hydrogen-bond donors (Lipinski definition) is 0. The van der Waals surface area contributed by atoms with Crippen molar-refractivity contribution < 1.29 is 4.39 Å². The van der Waals surface area contributed by atoms with E-state index in [2.05, 4.69) is 61.0 Å². The van der Waals surface area contributed by atoms with Gasteiger partial charge in [-0.3, -0.25) is 4.98 Å². The lowest BCUT2D eigenvalue weighted by molar-refractivity contribution is 0.158. The molecule has 1 fully saturated rings. The van der Waals surface area contributed by atoms with Crippen molar-refractivity contribution in [3.63, 3.8) is 0 Å². The van der Waals surface area contributed by atoms with Crippen LogP contribution in [0.1, 0.15) is 94.6 Å². The Kier molecular flexibility index (Phi) is 9.67. The van der Waals surface area contributed by atoms with E-state index in [1.807, 2.05) is 12.3 Å². The summed E-state index contributed by atoms with van der Waals surface area (Å²) in [6, 6.07) is 15.5. The molecule has 3 rings (SSSR count). The molecular formula is C30H39FN2. The Labute approximate surface area is 200 Å². The molecule has 2 aromatic rings. The van der Waals surface area contributed by atoms with Crippen LogP contribution in [0.2, 0.25) is 0 Å². The van der Waals surface area contributed by atoms with Gasteiger partial charge in [-0.15, -0.1) is 6.58 Å². The standard InChI is InChI=1S/C30H39FN2/c1-3-5-7-8-9-24-11-16-29(33-22-24)27-14-12-25(13-15-27)26-17-19-30(23-32,20-18-26)21-28(31)10-6-4-2/h3,11-16,22,26,28H,1,4-10,17-21H2,2H3/t26-,28?,30+. The van der Waals surface area contributed by atoms with Crippen LogP contribution in [0.25, 0.3) is 11.3 Å². The maximum absolute atomic E-state index is 14.4. The predicted molar refractivity (Wildman–Crippen MR) is 136 cm³/mol. The van der Waals surface area contributed by atoms with E-state index >= 15 is 0 Å². The van der Waals surface area contributed by atoms with Crippen LogP contribution in [-0.4, -0.2) is 11.2 Å². The number of allylic oxidation sites excluding steroid dienone is 1. The van der Waals surface area contributed by atoms with Gasteiger partial charge in [0.1, 0.15) is 6.17 Å². The highest BCUT2D eigenvalue weighted by Crippen LogP contribution is 2.46. The van der Waals surface area contributed by atoms with E-state index in [9.17, 15) is 9.65 Å². The van der Waals surface area contributed by atoms with Gasteiger partial charge in [-0.1, -0.05) is 56.2 Å². The molecular weight excluding hydrogens is 407 g/mol. The Morgan fingerprint density at radius 3 is 2.52 bits per heavy atom. The van der Waals surface area contributed by atoms with E-state index in [4.69, 9.17) is 0 Å². The molecule has 0 spiro atoms. The molecule has 1 aromatic carbocycles. The van der Waals surface area contributed by atoms with Crippen molar-refractivity contribution in [3.8, 4) is 17.3 Å². The average Bonchev–Trinajstić information content (AvgIpc) is 2.86. The molecule has 1 saturated carbocycles. The summed E-state index contributed by atoms with van der Waals surface area (Å²) in [6.45, 7) is 5.86. The van der Waals surface area contributed by atoms with Crippen molar-refractivity contribution in [1.82, 2.24) is 4.98 Å². The molecule has 1 aromatic heterocycles. The van der Waals surface area contributed by atoms with Crippen molar-refractivity contribution in [2.75, 3.05) is 0 Å². The SMILES string of the molecule is C=CCCCCc1ccc(-c2ccc([C@H]3CC[C@](C#N)(CC(F)CCCC)CC3)cc2)nc1. The maximum Gasteiger partial charge on any atom is 0.102 e. The molecule has 0 amide bonds. The second kappa shape index (κ2) is 12.7. The summed E-state index contributed by atoms with van der Waals surface area (Å²) in [5, 5.41) is 9.80. The molecule has 176 valence electrons. The minimum Gasteiger partial charge on any atom is -0.256 e. The molecule has 1 unspecified atom stereocenters. The van der Waals surface area contributed by atoms with E-state index in [0.29, 0.717) is 18.8 Å². The first-order valence-corrected chi connectivity index (χ1v) is 12.8. The molecule has 0 aliphatic heterocycles. The van der Waals surface area contributed by atoms with Crippen molar-refractivity contribution in [1.29, 1.82) is 5.26 Å². The number of hydrogen-bond acceptors (Lipinski definition) is 2. The van der Waals surface area contributed by atoms with E-state index in [-0.39, 0.29) is 0 Å². The fourth-order valence-electron chi connectivity index (χ4n) is 5.10. The van der Waals surface area contributed by atoms with E-state index in [0.717, 1.165) is 62.6 Å². The Hall–Kier alpha value is -2.47. The first-order valence-electron chi connectivity index (χ1n) is 12.8. The maximum atomic E-state index is 14.4. The van der Waals surface area contributed by atoms with Gasteiger partial charge in [-0.05, 0) is 87.3 Å². The molecule has 1 aliphatic carbocycles. The average molecular weight is 447 g/mol. The van der Waals surface area contributed by atoms with Crippen LogP contribution in [-0.2, 0) is 6.42 Å². The highest BCUT2D eigenvalue weighted by molar-refractivity contribution is 5.59. The molecule has 0 radical (unpaired) electrons. The third kappa shape index (κ3) is 7.26. The largest absolute Gasteiger partial charge is 0.256 e. The van der Waals surface area contributed by atoms with Crippen LogP contribution >= 0.6 is 0 Å². The van der Waals surface area contributed by atoms with Gasteiger partial charge in [-0.2, -0.15) is 5.26 Å². The van der Waals surface area contributed by atoms with E-state index in [1.165, 1.54) is 24.0 Å². The van der Waals surface area contributed by atoms with Gasteiger partial charge < -0.3 is 0 Å². The number of rotatable bonds is 12. The number of pyridine rings is 1. The molecule has 1 aliphatic rings. The van der Waals surface area contributed by atoms with Gasteiger partial charge in [0, 0.05) is 11.8 Å². The van der Waals surface area contributed by atoms with Crippen LogP contribution in [0.3, 0.4) is 0 Å². The zero-order valence-electron chi connectivity index (χ0n) is 20.2. The Morgan fingerprint density at radius 2 is 1.91 bits per heavy atom. The highest BCUT2D eigenvalue weighted by atomic mass is 19.1. The van der Waals surface area contributed by atoms with Gasteiger partial charge in [-0.25, -0.2) is 4.39 Å². The zero-order valence-corrected chi connectivity index (χ0v) is 20.2. The van der Waals surface area contributed by atoms with E-state index < -0.39 is 11.6 Å². The molecule has 1 heterocycles. The summed E-state index contributed by atoms with van der Waals surface area (Å²) < 4.78 is 14.4. The van der Waals surface area contributed by atoms with Crippen molar-refractivity contribution in [2.45, 2.75) is 96.1 Å². The van der Waals surface area contributed by atoms with Crippen LogP contribution in [0.4, 0.5) is 4.39 Å².